The lowest BCUT2D eigenvalue weighted by Crippen LogP contribution is -2.24. The number of hydrogen-bond acceptors (Lipinski definition) is 0. The molecular formula is C16H13F6N3. The van der Waals surface area contributed by atoms with Crippen LogP contribution < -0.4 is 0 Å². The van der Waals surface area contributed by atoms with E-state index < -0.39 is 24.2 Å². The van der Waals surface area contributed by atoms with E-state index in [1.807, 2.05) is 0 Å². The molecule has 3 nitrogen and oxygen atoms in total. The van der Waals surface area contributed by atoms with Crippen molar-refractivity contribution in [3.8, 4) is 0 Å². The van der Waals surface area contributed by atoms with Crippen molar-refractivity contribution in [3.05, 3.63) is 71.6 Å². The average Bonchev–Trinajstić information content (AvgIpc) is 3.19. The SMILES string of the molecule is FC(F)(F)C(c1ccc[nH]1)c1ccc(C(c2ccc[nH]2)C(F)(F)F)[nH]1. The molecule has 0 aliphatic rings. The van der Waals surface area contributed by atoms with Crippen molar-refractivity contribution in [1.82, 2.24) is 15.0 Å². The molecule has 0 aliphatic carbocycles. The Hall–Kier alpha value is -2.58. The second-order valence-corrected chi connectivity index (χ2v) is 5.57. The summed E-state index contributed by atoms with van der Waals surface area (Å²) >= 11 is 0. The average molecular weight is 361 g/mol. The lowest BCUT2D eigenvalue weighted by molar-refractivity contribution is -0.143. The number of rotatable bonds is 4. The molecule has 25 heavy (non-hydrogen) atoms. The standard InChI is InChI=1S/C16H13F6N3/c17-15(18,19)13(9-3-1-7-23-9)11-5-6-12(25-11)14(16(20,21)22)10-4-2-8-24-10/h1-8,13-14,23-25H. The summed E-state index contributed by atoms with van der Waals surface area (Å²) in [5.41, 5.74) is -1.01. The second-order valence-electron chi connectivity index (χ2n) is 5.57. The van der Waals surface area contributed by atoms with Crippen LogP contribution in [0, 0.1) is 0 Å². The zero-order valence-electron chi connectivity index (χ0n) is 12.5. The molecule has 0 bridgehead atoms. The maximum Gasteiger partial charge on any atom is 0.402 e. The molecule has 3 aromatic rings. The molecule has 3 aromatic heterocycles. The van der Waals surface area contributed by atoms with Crippen molar-refractivity contribution in [1.29, 1.82) is 0 Å². The fraction of sp³-hybridized carbons (Fsp3) is 0.250. The number of aromatic nitrogens is 3. The molecular weight excluding hydrogens is 348 g/mol. The molecule has 134 valence electrons. The molecule has 2 unspecified atom stereocenters. The normalized spacial score (nSPS) is 15.3. The minimum absolute atomic E-state index is 0.149. The molecule has 0 fully saturated rings. The quantitative estimate of drug-likeness (QED) is 0.544. The minimum Gasteiger partial charge on any atom is -0.364 e. The predicted molar refractivity (Wildman–Crippen MR) is 78.2 cm³/mol. The Morgan fingerprint density at radius 2 is 1.00 bits per heavy atom. The fourth-order valence-corrected chi connectivity index (χ4v) is 2.85. The highest BCUT2D eigenvalue weighted by molar-refractivity contribution is 5.33. The smallest absolute Gasteiger partial charge is 0.364 e. The minimum atomic E-state index is -4.66. The van der Waals surface area contributed by atoms with Crippen LogP contribution in [0.15, 0.2) is 48.8 Å². The van der Waals surface area contributed by atoms with Gasteiger partial charge in [0.25, 0.3) is 0 Å². The summed E-state index contributed by atoms with van der Waals surface area (Å²) in [5.74, 6) is -4.12. The van der Waals surface area contributed by atoms with Gasteiger partial charge in [0, 0.05) is 35.2 Å². The first-order valence-corrected chi connectivity index (χ1v) is 7.26. The van der Waals surface area contributed by atoms with Crippen LogP contribution in [0.3, 0.4) is 0 Å². The first-order chi connectivity index (χ1) is 11.7. The highest BCUT2D eigenvalue weighted by Gasteiger charge is 2.46. The maximum atomic E-state index is 13.4. The van der Waals surface area contributed by atoms with Crippen molar-refractivity contribution in [2.24, 2.45) is 0 Å². The molecule has 0 amide bonds. The molecule has 0 aromatic carbocycles. The van der Waals surface area contributed by atoms with Gasteiger partial charge in [0.15, 0.2) is 0 Å². The van der Waals surface area contributed by atoms with E-state index in [2.05, 4.69) is 15.0 Å². The molecule has 0 spiro atoms. The Balaban J connectivity index is 2.03. The summed E-state index contributed by atoms with van der Waals surface area (Å²) in [4.78, 5) is 7.26. The Morgan fingerprint density at radius 1 is 0.600 bits per heavy atom. The van der Waals surface area contributed by atoms with Crippen LogP contribution in [-0.4, -0.2) is 27.3 Å². The van der Waals surface area contributed by atoms with Crippen molar-refractivity contribution in [3.63, 3.8) is 0 Å². The number of hydrogen-bond donors (Lipinski definition) is 3. The Bertz CT molecular complexity index is 729. The van der Waals surface area contributed by atoms with Crippen molar-refractivity contribution in [2.45, 2.75) is 24.2 Å². The molecule has 0 radical (unpaired) electrons. The third-order valence-corrected chi connectivity index (χ3v) is 3.87. The third-order valence-electron chi connectivity index (χ3n) is 3.87. The van der Waals surface area contributed by atoms with Gasteiger partial charge in [0.05, 0.1) is 0 Å². The van der Waals surface area contributed by atoms with E-state index in [0.29, 0.717) is 0 Å². The van der Waals surface area contributed by atoms with E-state index >= 15 is 0 Å². The summed E-state index contributed by atoms with van der Waals surface area (Å²) in [7, 11) is 0. The number of aromatic amines is 3. The van der Waals surface area contributed by atoms with E-state index in [1.165, 1.54) is 36.7 Å². The lowest BCUT2D eigenvalue weighted by atomic mass is 10.0. The molecule has 0 saturated carbocycles. The van der Waals surface area contributed by atoms with Gasteiger partial charge in [0.1, 0.15) is 11.8 Å². The summed E-state index contributed by atoms with van der Waals surface area (Å²) < 4.78 is 80.5. The van der Waals surface area contributed by atoms with Gasteiger partial charge < -0.3 is 15.0 Å². The summed E-state index contributed by atoms with van der Waals surface area (Å²) in [6.45, 7) is 0. The Kier molecular flexibility index (Phi) is 4.18. The van der Waals surface area contributed by atoms with Crippen LogP contribution in [0.2, 0.25) is 0 Å². The van der Waals surface area contributed by atoms with Gasteiger partial charge >= 0.3 is 12.4 Å². The highest BCUT2D eigenvalue weighted by atomic mass is 19.4. The van der Waals surface area contributed by atoms with Gasteiger partial charge in [-0.3, -0.25) is 0 Å². The summed E-state index contributed by atoms with van der Waals surface area (Å²) in [6.07, 6.45) is -6.66. The van der Waals surface area contributed by atoms with Gasteiger partial charge in [-0.25, -0.2) is 0 Å². The van der Waals surface area contributed by atoms with E-state index in [0.717, 1.165) is 12.1 Å². The zero-order chi connectivity index (χ0) is 18.2. The fourth-order valence-electron chi connectivity index (χ4n) is 2.85. The van der Waals surface area contributed by atoms with Crippen LogP contribution in [0.1, 0.15) is 34.6 Å². The van der Waals surface area contributed by atoms with Crippen molar-refractivity contribution < 1.29 is 26.3 Å². The lowest BCUT2D eigenvalue weighted by Gasteiger charge is -2.20. The van der Waals surface area contributed by atoms with Crippen LogP contribution in [0.25, 0.3) is 0 Å². The van der Waals surface area contributed by atoms with Crippen LogP contribution >= 0.6 is 0 Å². The van der Waals surface area contributed by atoms with Crippen LogP contribution in [0.5, 0.6) is 0 Å². The van der Waals surface area contributed by atoms with E-state index in [9.17, 15) is 26.3 Å². The molecule has 3 N–H and O–H groups in total. The van der Waals surface area contributed by atoms with Crippen molar-refractivity contribution >= 4 is 0 Å². The van der Waals surface area contributed by atoms with E-state index in [4.69, 9.17) is 0 Å². The predicted octanol–water partition coefficient (Wildman–Crippen LogP) is 5.06. The summed E-state index contributed by atoms with van der Waals surface area (Å²) in [6, 6.07) is 7.35. The van der Waals surface area contributed by atoms with Crippen LogP contribution in [0.4, 0.5) is 26.3 Å². The topological polar surface area (TPSA) is 47.4 Å². The van der Waals surface area contributed by atoms with Gasteiger partial charge in [-0.1, -0.05) is 0 Å². The van der Waals surface area contributed by atoms with Crippen LogP contribution in [-0.2, 0) is 0 Å². The summed E-state index contributed by atoms with van der Waals surface area (Å²) in [5, 5.41) is 0. The zero-order valence-corrected chi connectivity index (χ0v) is 12.5. The third kappa shape index (κ3) is 3.45. The molecule has 0 aliphatic heterocycles. The number of nitrogens with one attached hydrogen (secondary N) is 3. The number of alkyl halides is 6. The number of halogens is 6. The molecule has 3 rings (SSSR count). The maximum absolute atomic E-state index is 13.4. The molecule has 9 heteroatoms. The Morgan fingerprint density at radius 3 is 1.28 bits per heavy atom. The monoisotopic (exact) mass is 361 g/mol. The number of H-pyrrole nitrogens is 3. The largest absolute Gasteiger partial charge is 0.402 e. The van der Waals surface area contributed by atoms with Gasteiger partial charge in [0.2, 0.25) is 0 Å². The molecule has 2 atom stereocenters. The Labute approximate surface area is 138 Å². The first kappa shape index (κ1) is 17.2. The van der Waals surface area contributed by atoms with Crippen molar-refractivity contribution in [2.75, 3.05) is 0 Å². The first-order valence-electron chi connectivity index (χ1n) is 7.26. The second kappa shape index (κ2) is 6.05. The van der Waals surface area contributed by atoms with Gasteiger partial charge in [-0.15, -0.1) is 0 Å². The molecule has 3 heterocycles. The van der Waals surface area contributed by atoms with Gasteiger partial charge in [-0.05, 0) is 36.4 Å². The van der Waals surface area contributed by atoms with E-state index in [-0.39, 0.29) is 22.8 Å². The van der Waals surface area contributed by atoms with Gasteiger partial charge in [-0.2, -0.15) is 26.3 Å². The van der Waals surface area contributed by atoms with E-state index in [1.54, 1.807) is 0 Å². The highest BCUT2D eigenvalue weighted by Crippen LogP contribution is 2.42. The molecule has 0 saturated heterocycles.